The van der Waals surface area contributed by atoms with E-state index in [0.29, 0.717) is 30.0 Å². The number of nitrogens with two attached hydrogens (primary N) is 1. The first-order valence-corrected chi connectivity index (χ1v) is 5.51. The van der Waals surface area contributed by atoms with Gasteiger partial charge in [0.05, 0.1) is 5.69 Å². The number of nitrogen functional groups attached to an aromatic ring is 1. The zero-order valence-corrected chi connectivity index (χ0v) is 9.54. The third kappa shape index (κ3) is 1.50. The first kappa shape index (κ1) is 10.8. The summed E-state index contributed by atoms with van der Waals surface area (Å²) in [6.45, 7) is 3.89. The van der Waals surface area contributed by atoms with Crippen molar-refractivity contribution < 1.29 is 9.53 Å². The summed E-state index contributed by atoms with van der Waals surface area (Å²) in [5, 5.41) is 2.86. The first-order valence-electron chi connectivity index (χ1n) is 5.51. The molecular formula is C12H16N2O2. The fourth-order valence-corrected chi connectivity index (χ4v) is 1.94. The Morgan fingerprint density at radius 2 is 2.06 bits per heavy atom. The smallest absolute Gasteiger partial charge is 0.268 e. The van der Waals surface area contributed by atoms with E-state index in [1.54, 1.807) is 18.2 Å². The van der Waals surface area contributed by atoms with Crippen LogP contribution in [0.25, 0.3) is 0 Å². The van der Waals surface area contributed by atoms with Crippen molar-refractivity contribution in [3.63, 3.8) is 0 Å². The average molecular weight is 220 g/mol. The molecule has 1 heterocycles. The van der Waals surface area contributed by atoms with Crippen molar-refractivity contribution in [2.75, 3.05) is 11.1 Å². The molecule has 0 saturated heterocycles. The van der Waals surface area contributed by atoms with Gasteiger partial charge in [0, 0.05) is 11.8 Å². The van der Waals surface area contributed by atoms with Crippen LogP contribution >= 0.6 is 0 Å². The predicted octanol–water partition coefficient (Wildman–Crippen LogP) is 2.16. The van der Waals surface area contributed by atoms with E-state index in [1.165, 1.54) is 0 Å². The molecule has 0 spiro atoms. The highest BCUT2D eigenvalue weighted by molar-refractivity contribution is 6.00. The number of hydrogen-bond acceptors (Lipinski definition) is 3. The minimum absolute atomic E-state index is 0.0743. The molecule has 2 rings (SSSR count). The molecule has 4 heteroatoms. The molecule has 0 saturated carbocycles. The number of nitrogens with one attached hydrogen (secondary N) is 1. The molecule has 0 bridgehead atoms. The molecule has 1 aliphatic rings. The Balaban J connectivity index is 2.43. The van der Waals surface area contributed by atoms with Crippen molar-refractivity contribution in [3.8, 4) is 5.75 Å². The van der Waals surface area contributed by atoms with Crippen LogP contribution in [0.4, 0.5) is 11.4 Å². The maximum atomic E-state index is 12.0. The van der Waals surface area contributed by atoms with Gasteiger partial charge in [-0.3, -0.25) is 4.79 Å². The van der Waals surface area contributed by atoms with Crippen molar-refractivity contribution in [2.45, 2.75) is 32.3 Å². The van der Waals surface area contributed by atoms with E-state index in [1.807, 2.05) is 13.8 Å². The summed E-state index contributed by atoms with van der Waals surface area (Å²) < 4.78 is 5.82. The summed E-state index contributed by atoms with van der Waals surface area (Å²) in [4.78, 5) is 12.0. The molecule has 0 radical (unpaired) electrons. The van der Waals surface area contributed by atoms with Gasteiger partial charge in [0.2, 0.25) is 0 Å². The molecular weight excluding hydrogens is 204 g/mol. The molecule has 0 atom stereocenters. The minimum Gasteiger partial charge on any atom is -0.475 e. The standard InChI is InChI=1S/C12H16N2O2/c1-3-12(4-2)11(15)14-9-6-5-8(13)7-10(9)16-12/h5-7H,3-4,13H2,1-2H3,(H,14,15). The van der Waals surface area contributed by atoms with E-state index >= 15 is 0 Å². The monoisotopic (exact) mass is 220 g/mol. The summed E-state index contributed by atoms with van der Waals surface area (Å²) in [6, 6.07) is 5.25. The fraction of sp³-hybridized carbons (Fsp3) is 0.417. The number of hydrogen-bond donors (Lipinski definition) is 2. The molecule has 86 valence electrons. The van der Waals surface area contributed by atoms with Crippen LogP contribution in [0.1, 0.15) is 26.7 Å². The number of benzene rings is 1. The van der Waals surface area contributed by atoms with Gasteiger partial charge in [-0.25, -0.2) is 0 Å². The molecule has 1 aliphatic heterocycles. The van der Waals surface area contributed by atoms with Gasteiger partial charge in [-0.1, -0.05) is 13.8 Å². The number of ether oxygens (including phenoxy) is 1. The lowest BCUT2D eigenvalue weighted by Crippen LogP contribution is -2.49. The fourth-order valence-electron chi connectivity index (χ4n) is 1.94. The zero-order valence-electron chi connectivity index (χ0n) is 9.54. The lowest BCUT2D eigenvalue weighted by Gasteiger charge is -2.36. The summed E-state index contributed by atoms with van der Waals surface area (Å²) in [5.74, 6) is 0.582. The van der Waals surface area contributed by atoms with Crippen molar-refractivity contribution in [2.24, 2.45) is 0 Å². The Bertz CT molecular complexity index is 425. The Hall–Kier alpha value is -1.71. The van der Waals surface area contributed by atoms with Crippen molar-refractivity contribution in [1.29, 1.82) is 0 Å². The highest BCUT2D eigenvalue weighted by atomic mass is 16.5. The number of anilines is 2. The Morgan fingerprint density at radius 1 is 1.38 bits per heavy atom. The maximum Gasteiger partial charge on any atom is 0.268 e. The van der Waals surface area contributed by atoms with E-state index in [9.17, 15) is 4.79 Å². The van der Waals surface area contributed by atoms with Gasteiger partial charge in [-0.2, -0.15) is 0 Å². The third-order valence-corrected chi connectivity index (χ3v) is 3.12. The van der Waals surface area contributed by atoms with Gasteiger partial charge >= 0.3 is 0 Å². The van der Waals surface area contributed by atoms with Gasteiger partial charge in [0.1, 0.15) is 5.75 Å². The van der Waals surface area contributed by atoms with E-state index < -0.39 is 5.60 Å². The van der Waals surface area contributed by atoms with Crippen molar-refractivity contribution in [1.82, 2.24) is 0 Å². The maximum absolute atomic E-state index is 12.0. The molecule has 1 aromatic rings. The minimum atomic E-state index is -0.749. The second-order valence-electron chi connectivity index (χ2n) is 4.01. The van der Waals surface area contributed by atoms with Gasteiger partial charge in [0.25, 0.3) is 5.91 Å². The van der Waals surface area contributed by atoms with Gasteiger partial charge in [-0.15, -0.1) is 0 Å². The van der Waals surface area contributed by atoms with Crippen LogP contribution in [-0.2, 0) is 4.79 Å². The summed E-state index contributed by atoms with van der Waals surface area (Å²) >= 11 is 0. The van der Waals surface area contributed by atoms with E-state index in [4.69, 9.17) is 10.5 Å². The van der Waals surface area contributed by atoms with Crippen LogP contribution < -0.4 is 15.8 Å². The zero-order chi connectivity index (χ0) is 11.8. The average Bonchev–Trinajstić information content (AvgIpc) is 2.29. The van der Waals surface area contributed by atoms with Crippen LogP contribution in [0.3, 0.4) is 0 Å². The Kier molecular flexibility index (Phi) is 2.50. The topological polar surface area (TPSA) is 64.3 Å². The molecule has 1 amide bonds. The molecule has 1 aromatic carbocycles. The Labute approximate surface area is 94.8 Å². The van der Waals surface area contributed by atoms with Crippen LogP contribution in [0.5, 0.6) is 5.75 Å². The van der Waals surface area contributed by atoms with Gasteiger partial charge < -0.3 is 15.8 Å². The largest absolute Gasteiger partial charge is 0.475 e. The number of fused-ring (bicyclic) bond motifs is 1. The molecule has 16 heavy (non-hydrogen) atoms. The van der Waals surface area contributed by atoms with Gasteiger partial charge in [0.15, 0.2) is 5.60 Å². The van der Waals surface area contributed by atoms with Gasteiger partial charge in [-0.05, 0) is 25.0 Å². The second kappa shape index (κ2) is 3.70. The molecule has 4 nitrogen and oxygen atoms in total. The first-order chi connectivity index (χ1) is 7.61. The number of carbonyl (C=O) groups excluding carboxylic acids is 1. The number of rotatable bonds is 2. The molecule has 0 aromatic heterocycles. The molecule has 0 aliphatic carbocycles. The summed E-state index contributed by atoms with van der Waals surface area (Å²) in [6.07, 6.45) is 1.28. The number of carbonyl (C=O) groups is 1. The quantitative estimate of drug-likeness (QED) is 0.751. The summed E-state index contributed by atoms with van der Waals surface area (Å²) in [7, 11) is 0. The summed E-state index contributed by atoms with van der Waals surface area (Å²) in [5.41, 5.74) is 6.27. The highest BCUT2D eigenvalue weighted by Gasteiger charge is 2.41. The van der Waals surface area contributed by atoms with Crippen molar-refractivity contribution in [3.05, 3.63) is 18.2 Å². The van der Waals surface area contributed by atoms with E-state index in [-0.39, 0.29) is 5.91 Å². The normalized spacial score (nSPS) is 17.2. The molecule has 0 fully saturated rings. The van der Waals surface area contributed by atoms with Crippen LogP contribution in [0.2, 0.25) is 0 Å². The van der Waals surface area contributed by atoms with E-state index in [2.05, 4.69) is 5.32 Å². The van der Waals surface area contributed by atoms with Crippen LogP contribution in [0.15, 0.2) is 18.2 Å². The SMILES string of the molecule is CCC1(CC)Oc2cc(N)ccc2NC1=O. The van der Waals surface area contributed by atoms with E-state index in [0.717, 1.165) is 0 Å². The second-order valence-corrected chi connectivity index (χ2v) is 4.01. The van der Waals surface area contributed by atoms with Crippen LogP contribution in [0, 0.1) is 0 Å². The Morgan fingerprint density at radius 3 is 2.69 bits per heavy atom. The molecule has 0 unspecified atom stereocenters. The molecule has 3 N–H and O–H groups in total. The predicted molar refractivity (Wildman–Crippen MR) is 63.4 cm³/mol. The third-order valence-electron chi connectivity index (χ3n) is 3.12. The lowest BCUT2D eigenvalue weighted by atomic mass is 9.94. The van der Waals surface area contributed by atoms with Crippen molar-refractivity contribution >= 4 is 17.3 Å². The van der Waals surface area contributed by atoms with Crippen LogP contribution in [-0.4, -0.2) is 11.5 Å². The lowest BCUT2D eigenvalue weighted by molar-refractivity contribution is -0.133. The highest BCUT2D eigenvalue weighted by Crippen LogP contribution is 2.37. The number of amides is 1.